The summed E-state index contributed by atoms with van der Waals surface area (Å²) in [6, 6.07) is 0.000278. The summed E-state index contributed by atoms with van der Waals surface area (Å²) >= 11 is 5.85. The second-order valence-corrected chi connectivity index (χ2v) is 3.91. The Morgan fingerprint density at radius 1 is 1.77 bits per heavy atom. The molecule has 1 heterocycles. The van der Waals surface area contributed by atoms with Gasteiger partial charge in [-0.3, -0.25) is 4.79 Å². The predicted octanol–water partition coefficient (Wildman–Crippen LogP) is 0.987. The summed E-state index contributed by atoms with van der Waals surface area (Å²) < 4.78 is 0. The van der Waals surface area contributed by atoms with Gasteiger partial charge in [-0.2, -0.15) is 0 Å². The highest BCUT2D eigenvalue weighted by Gasteiger charge is 2.30. The standard InChI is InChI=1S/C9H16ClNO2/c1-2-8(10)9(13)11-5-3-4-7(11)6-12/h7-8,12H,2-6H2,1H3/t7-,8+/m1/s1. The zero-order valence-electron chi connectivity index (χ0n) is 7.87. The Hall–Kier alpha value is -0.280. The molecule has 1 amide bonds. The van der Waals surface area contributed by atoms with Gasteiger partial charge in [0.2, 0.25) is 5.91 Å². The molecule has 0 aromatic rings. The van der Waals surface area contributed by atoms with Crippen molar-refractivity contribution in [2.45, 2.75) is 37.6 Å². The van der Waals surface area contributed by atoms with Gasteiger partial charge in [0.25, 0.3) is 0 Å². The largest absolute Gasteiger partial charge is 0.394 e. The Balaban J connectivity index is 2.54. The first-order valence-electron chi connectivity index (χ1n) is 4.76. The zero-order chi connectivity index (χ0) is 9.84. The first kappa shape index (κ1) is 10.8. The van der Waals surface area contributed by atoms with E-state index in [2.05, 4.69) is 0 Å². The van der Waals surface area contributed by atoms with Gasteiger partial charge in [0.15, 0.2) is 0 Å². The SMILES string of the molecule is CC[C@H](Cl)C(=O)N1CCC[C@@H]1CO. The van der Waals surface area contributed by atoms with E-state index in [0.29, 0.717) is 6.42 Å². The van der Waals surface area contributed by atoms with Gasteiger partial charge in [0.1, 0.15) is 5.38 Å². The lowest BCUT2D eigenvalue weighted by Crippen LogP contribution is -2.41. The molecule has 4 heteroatoms. The van der Waals surface area contributed by atoms with Crippen LogP contribution in [0.4, 0.5) is 0 Å². The van der Waals surface area contributed by atoms with Gasteiger partial charge >= 0.3 is 0 Å². The number of amides is 1. The molecule has 1 aliphatic rings. The van der Waals surface area contributed by atoms with E-state index < -0.39 is 5.38 Å². The van der Waals surface area contributed by atoms with Crippen molar-refractivity contribution in [2.24, 2.45) is 0 Å². The third-order valence-electron chi connectivity index (χ3n) is 2.50. The molecule has 0 spiro atoms. The Labute approximate surface area is 83.7 Å². The Morgan fingerprint density at radius 3 is 3.00 bits per heavy atom. The summed E-state index contributed by atoms with van der Waals surface area (Å²) in [5.74, 6) is -0.0271. The quantitative estimate of drug-likeness (QED) is 0.699. The molecule has 2 atom stereocenters. The molecule has 1 aliphatic heterocycles. The van der Waals surface area contributed by atoms with Crippen LogP contribution in [0.25, 0.3) is 0 Å². The van der Waals surface area contributed by atoms with E-state index in [1.54, 1.807) is 4.90 Å². The van der Waals surface area contributed by atoms with Crippen molar-refractivity contribution in [3.05, 3.63) is 0 Å². The Kier molecular flexibility index (Phi) is 4.00. The van der Waals surface area contributed by atoms with Crippen molar-refractivity contribution in [3.63, 3.8) is 0 Å². The van der Waals surface area contributed by atoms with E-state index in [9.17, 15) is 4.79 Å². The molecule has 0 aromatic heterocycles. The van der Waals surface area contributed by atoms with Crippen LogP contribution in [0.3, 0.4) is 0 Å². The number of carbonyl (C=O) groups is 1. The molecular formula is C9H16ClNO2. The number of halogens is 1. The molecule has 0 unspecified atom stereocenters. The summed E-state index contributed by atoms with van der Waals surface area (Å²) in [5, 5.41) is 8.58. The van der Waals surface area contributed by atoms with Crippen molar-refractivity contribution >= 4 is 17.5 Å². The van der Waals surface area contributed by atoms with Gasteiger partial charge in [-0.25, -0.2) is 0 Å². The molecule has 0 radical (unpaired) electrons. The third-order valence-corrected chi connectivity index (χ3v) is 2.99. The summed E-state index contributed by atoms with van der Waals surface area (Å²) in [6.07, 6.45) is 2.52. The maximum absolute atomic E-state index is 11.6. The molecular weight excluding hydrogens is 190 g/mol. The molecule has 1 N–H and O–H groups in total. The van der Waals surface area contributed by atoms with Crippen molar-refractivity contribution in [2.75, 3.05) is 13.2 Å². The fourth-order valence-electron chi connectivity index (χ4n) is 1.67. The van der Waals surface area contributed by atoms with Crippen LogP contribution in [-0.2, 0) is 4.79 Å². The van der Waals surface area contributed by atoms with Crippen LogP contribution in [0.15, 0.2) is 0 Å². The number of alkyl halides is 1. The minimum absolute atomic E-state index is 0.000278. The van der Waals surface area contributed by atoms with Gasteiger partial charge < -0.3 is 10.0 Å². The van der Waals surface area contributed by atoms with Crippen LogP contribution in [0.2, 0.25) is 0 Å². The van der Waals surface area contributed by atoms with Gasteiger partial charge in [-0.05, 0) is 19.3 Å². The lowest BCUT2D eigenvalue weighted by atomic mass is 10.2. The number of hydrogen-bond donors (Lipinski definition) is 1. The van der Waals surface area contributed by atoms with Crippen molar-refractivity contribution in [1.29, 1.82) is 0 Å². The number of hydrogen-bond acceptors (Lipinski definition) is 2. The van der Waals surface area contributed by atoms with Gasteiger partial charge in [0, 0.05) is 6.54 Å². The number of aliphatic hydroxyl groups excluding tert-OH is 1. The first-order valence-corrected chi connectivity index (χ1v) is 5.19. The highest BCUT2D eigenvalue weighted by atomic mass is 35.5. The van der Waals surface area contributed by atoms with E-state index in [1.165, 1.54) is 0 Å². The summed E-state index contributed by atoms with van der Waals surface area (Å²) in [7, 11) is 0. The molecule has 0 aliphatic carbocycles. The van der Waals surface area contributed by atoms with Gasteiger partial charge in [-0.1, -0.05) is 6.92 Å². The lowest BCUT2D eigenvalue weighted by molar-refractivity contribution is -0.132. The molecule has 76 valence electrons. The fraction of sp³-hybridized carbons (Fsp3) is 0.889. The monoisotopic (exact) mass is 205 g/mol. The fourth-order valence-corrected chi connectivity index (χ4v) is 1.80. The molecule has 0 bridgehead atoms. The zero-order valence-corrected chi connectivity index (χ0v) is 8.63. The van der Waals surface area contributed by atoms with E-state index >= 15 is 0 Å². The highest BCUT2D eigenvalue weighted by Crippen LogP contribution is 2.19. The van der Waals surface area contributed by atoms with Crippen LogP contribution < -0.4 is 0 Å². The smallest absolute Gasteiger partial charge is 0.240 e. The van der Waals surface area contributed by atoms with Crippen molar-refractivity contribution in [3.8, 4) is 0 Å². The topological polar surface area (TPSA) is 40.5 Å². The van der Waals surface area contributed by atoms with Crippen LogP contribution >= 0.6 is 11.6 Å². The lowest BCUT2D eigenvalue weighted by Gasteiger charge is -2.24. The van der Waals surface area contributed by atoms with Crippen LogP contribution in [-0.4, -0.2) is 40.5 Å². The Morgan fingerprint density at radius 2 is 2.46 bits per heavy atom. The number of rotatable bonds is 3. The molecule has 13 heavy (non-hydrogen) atoms. The number of aliphatic hydroxyl groups is 1. The highest BCUT2D eigenvalue weighted by molar-refractivity contribution is 6.30. The minimum Gasteiger partial charge on any atom is -0.394 e. The van der Waals surface area contributed by atoms with E-state index in [1.807, 2.05) is 6.92 Å². The van der Waals surface area contributed by atoms with E-state index in [0.717, 1.165) is 19.4 Å². The van der Waals surface area contributed by atoms with Gasteiger partial charge in [0.05, 0.1) is 12.6 Å². The van der Waals surface area contributed by atoms with Crippen LogP contribution in [0.5, 0.6) is 0 Å². The molecule has 0 aromatic carbocycles. The first-order chi connectivity index (χ1) is 6.20. The van der Waals surface area contributed by atoms with E-state index in [4.69, 9.17) is 16.7 Å². The maximum atomic E-state index is 11.6. The molecule has 1 rings (SSSR count). The average molecular weight is 206 g/mol. The summed E-state index contributed by atoms with van der Waals surface area (Å²) in [4.78, 5) is 13.3. The van der Waals surface area contributed by atoms with Crippen LogP contribution in [0.1, 0.15) is 26.2 Å². The molecule has 1 saturated heterocycles. The molecule has 3 nitrogen and oxygen atoms in total. The van der Waals surface area contributed by atoms with Crippen molar-refractivity contribution < 1.29 is 9.90 Å². The third kappa shape index (κ3) is 2.35. The van der Waals surface area contributed by atoms with Crippen molar-refractivity contribution in [1.82, 2.24) is 4.90 Å². The van der Waals surface area contributed by atoms with E-state index in [-0.39, 0.29) is 18.6 Å². The predicted molar refractivity (Wildman–Crippen MR) is 51.8 cm³/mol. The summed E-state index contributed by atoms with van der Waals surface area (Å²) in [6.45, 7) is 2.69. The number of likely N-dealkylation sites (tertiary alicyclic amines) is 1. The van der Waals surface area contributed by atoms with Gasteiger partial charge in [-0.15, -0.1) is 11.6 Å². The maximum Gasteiger partial charge on any atom is 0.240 e. The summed E-state index contributed by atoms with van der Waals surface area (Å²) in [5.41, 5.74) is 0. The number of nitrogens with zero attached hydrogens (tertiary/aromatic N) is 1. The molecule has 0 saturated carbocycles. The Bertz CT molecular complexity index is 186. The second-order valence-electron chi connectivity index (χ2n) is 3.39. The normalized spacial score (nSPS) is 24.8. The second kappa shape index (κ2) is 4.82. The minimum atomic E-state index is -0.424. The molecule has 1 fully saturated rings. The average Bonchev–Trinajstić information content (AvgIpc) is 2.62. The van der Waals surface area contributed by atoms with Crippen LogP contribution in [0, 0.1) is 0 Å². The number of carbonyl (C=O) groups excluding carboxylic acids is 1.